The highest BCUT2D eigenvalue weighted by Crippen LogP contribution is 2.21. The average molecular weight is 419 g/mol. The van der Waals surface area contributed by atoms with Crippen LogP contribution in [0.5, 0.6) is 5.75 Å². The van der Waals surface area contributed by atoms with Crippen molar-refractivity contribution in [3.63, 3.8) is 0 Å². The van der Waals surface area contributed by atoms with Gasteiger partial charge in [0.05, 0.1) is 12.7 Å². The molecule has 7 heteroatoms. The van der Waals surface area contributed by atoms with Crippen molar-refractivity contribution in [2.75, 3.05) is 59.6 Å². The van der Waals surface area contributed by atoms with Gasteiger partial charge < -0.3 is 29.3 Å². The molecule has 2 fully saturated rings. The first-order chi connectivity index (χ1) is 14.7. The van der Waals surface area contributed by atoms with Crippen LogP contribution in [0, 0.1) is 0 Å². The smallest absolute Gasteiger partial charge is 0.194 e. The third kappa shape index (κ3) is 6.59. The minimum Gasteiger partial charge on any atom is -0.492 e. The van der Waals surface area contributed by atoms with Gasteiger partial charge in [0, 0.05) is 39.8 Å². The van der Waals surface area contributed by atoms with E-state index in [1.807, 2.05) is 19.2 Å². The average Bonchev–Trinajstić information content (AvgIpc) is 3.33. The van der Waals surface area contributed by atoms with E-state index in [4.69, 9.17) is 14.2 Å². The van der Waals surface area contributed by atoms with Gasteiger partial charge in [-0.1, -0.05) is 26.0 Å². The molecule has 7 nitrogen and oxygen atoms in total. The van der Waals surface area contributed by atoms with Crippen molar-refractivity contribution < 1.29 is 14.2 Å². The SMILES string of the molecule is CCN(CC)CCOc1ccc(CNC(=NC)N2CCOC(C3CCCO3)C2)cc1. The summed E-state index contributed by atoms with van der Waals surface area (Å²) in [5.74, 6) is 1.84. The summed E-state index contributed by atoms with van der Waals surface area (Å²) in [6, 6.07) is 8.32. The number of nitrogens with one attached hydrogen (secondary N) is 1. The van der Waals surface area contributed by atoms with Crippen LogP contribution in [0.2, 0.25) is 0 Å². The maximum Gasteiger partial charge on any atom is 0.194 e. The molecule has 0 spiro atoms. The Morgan fingerprint density at radius 2 is 1.93 bits per heavy atom. The van der Waals surface area contributed by atoms with Gasteiger partial charge in [0.25, 0.3) is 0 Å². The summed E-state index contributed by atoms with van der Waals surface area (Å²) in [5, 5.41) is 3.49. The van der Waals surface area contributed by atoms with E-state index < -0.39 is 0 Å². The van der Waals surface area contributed by atoms with Gasteiger partial charge in [-0.05, 0) is 43.6 Å². The molecule has 0 amide bonds. The van der Waals surface area contributed by atoms with Crippen molar-refractivity contribution in [1.29, 1.82) is 0 Å². The molecule has 2 atom stereocenters. The lowest BCUT2D eigenvalue weighted by Gasteiger charge is -2.37. The highest BCUT2D eigenvalue weighted by atomic mass is 16.5. The summed E-state index contributed by atoms with van der Waals surface area (Å²) >= 11 is 0. The van der Waals surface area contributed by atoms with Crippen LogP contribution in [0.3, 0.4) is 0 Å². The third-order valence-corrected chi connectivity index (χ3v) is 5.93. The van der Waals surface area contributed by atoms with Crippen LogP contribution in [0.4, 0.5) is 0 Å². The number of guanidine groups is 1. The van der Waals surface area contributed by atoms with Gasteiger partial charge in [0.15, 0.2) is 5.96 Å². The minimum absolute atomic E-state index is 0.132. The summed E-state index contributed by atoms with van der Waals surface area (Å²) in [6.45, 7) is 12.1. The molecule has 0 aliphatic carbocycles. The van der Waals surface area contributed by atoms with Crippen molar-refractivity contribution in [2.24, 2.45) is 4.99 Å². The molecule has 0 aromatic heterocycles. The number of likely N-dealkylation sites (N-methyl/N-ethyl adjacent to an activating group) is 1. The second-order valence-corrected chi connectivity index (χ2v) is 7.83. The summed E-state index contributed by atoms with van der Waals surface area (Å²) in [7, 11) is 1.84. The molecule has 0 bridgehead atoms. The number of aliphatic imine (C=N–C) groups is 1. The van der Waals surface area contributed by atoms with E-state index in [2.05, 4.69) is 46.1 Å². The fraction of sp³-hybridized carbons (Fsp3) is 0.696. The third-order valence-electron chi connectivity index (χ3n) is 5.93. The standard InChI is InChI=1S/C23H38N4O3/c1-4-26(5-2)12-15-28-20-10-8-19(9-11-20)17-25-23(24-3)27-13-16-30-22(18-27)21-7-6-14-29-21/h8-11,21-22H,4-7,12-18H2,1-3H3,(H,24,25). The van der Waals surface area contributed by atoms with E-state index in [-0.39, 0.29) is 12.2 Å². The summed E-state index contributed by atoms with van der Waals surface area (Å²) < 4.78 is 17.7. The molecule has 1 aromatic rings. The Labute approximate surface area is 181 Å². The Kier molecular flexibility index (Phi) is 9.24. The zero-order valence-corrected chi connectivity index (χ0v) is 18.8. The molecule has 30 heavy (non-hydrogen) atoms. The fourth-order valence-electron chi connectivity index (χ4n) is 4.04. The van der Waals surface area contributed by atoms with Crippen LogP contribution in [0.15, 0.2) is 29.3 Å². The van der Waals surface area contributed by atoms with E-state index in [9.17, 15) is 0 Å². The van der Waals surface area contributed by atoms with Crippen LogP contribution >= 0.6 is 0 Å². The molecule has 1 aromatic carbocycles. The van der Waals surface area contributed by atoms with Gasteiger partial charge in [-0.2, -0.15) is 0 Å². The number of hydrogen-bond donors (Lipinski definition) is 1. The molecule has 2 aliphatic heterocycles. The second-order valence-electron chi connectivity index (χ2n) is 7.83. The Hall–Kier alpha value is -1.83. The number of rotatable bonds is 9. The van der Waals surface area contributed by atoms with Crippen molar-refractivity contribution in [3.05, 3.63) is 29.8 Å². The lowest BCUT2D eigenvalue weighted by molar-refractivity contribution is -0.0817. The normalized spacial score (nSPS) is 22.5. The Morgan fingerprint density at radius 1 is 1.17 bits per heavy atom. The summed E-state index contributed by atoms with van der Waals surface area (Å²) in [6.07, 6.45) is 2.58. The van der Waals surface area contributed by atoms with E-state index >= 15 is 0 Å². The van der Waals surface area contributed by atoms with Crippen molar-refractivity contribution in [2.45, 2.75) is 45.4 Å². The highest BCUT2D eigenvalue weighted by molar-refractivity contribution is 5.80. The van der Waals surface area contributed by atoms with E-state index in [0.29, 0.717) is 6.61 Å². The minimum atomic E-state index is 0.132. The molecule has 2 unspecified atom stereocenters. The zero-order chi connectivity index (χ0) is 21.2. The van der Waals surface area contributed by atoms with Crippen LogP contribution in [-0.4, -0.2) is 87.6 Å². The van der Waals surface area contributed by atoms with Crippen molar-refractivity contribution in [1.82, 2.24) is 15.1 Å². The van der Waals surface area contributed by atoms with Crippen LogP contribution < -0.4 is 10.1 Å². The molecule has 2 heterocycles. The quantitative estimate of drug-likeness (QED) is 0.491. The summed E-state index contributed by atoms with van der Waals surface area (Å²) in [4.78, 5) is 9.12. The lowest BCUT2D eigenvalue weighted by Crippen LogP contribution is -2.53. The fourth-order valence-corrected chi connectivity index (χ4v) is 4.04. The van der Waals surface area contributed by atoms with Gasteiger partial charge >= 0.3 is 0 Å². The summed E-state index contributed by atoms with van der Waals surface area (Å²) in [5.41, 5.74) is 1.20. The first-order valence-electron chi connectivity index (χ1n) is 11.4. The van der Waals surface area contributed by atoms with E-state index in [0.717, 1.165) is 77.0 Å². The van der Waals surface area contributed by atoms with E-state index in [1.165, 1.54) is 5.56 Å². The van der Waals surface area contributed by atoms with Crippen LogP contribution in [-0.2, 0) is 16.0 Å². The number of morpholine rings is 1. The predicted molar refractivity (Wildman–Crippen MR) is 120 cm³/mol. The van der Waals surface area contributed by atoms with Crippen LogP contribution in [0.25, 0.3) is 0 Å². The maximum atomic E-state index is 5.96. The first kappa shape index (κ1) is 22.8. The van der Waals surface area contributed by atoms with Crippen molar-refractivity contribution >= 4 is 5.96 Å². The first-order valence-corrected chi connectivity index (χ1v) is 11.4. The maximum absolute atomic E-state index is 5.96. The Bertz CT molecular complexity index is 642. The van der Waals surface area contributed by atoms with E-state index in [1.54, 1.807) is 0 Å². The predicted octanol–water partition coefficient (Wildman–Crippen LogP) is 2.36. The zero-order valence-electron chi connectivity index (χ0n) is 18.8. The molecular weight excluding hydrogens is 380 g/mol. The largest absolute Gasteiger partial charge is 0.492 e. The molecule has 2 saturated heterocycles. The molecule has 3 rings (SSSR count). The number of benzene rings is 1. The lowest BCUT2D eigenvalue weighted by atomic mass is 10.1. The monoisotopic (exact) mass is 418 g/mol. The van der Waals surface area contributed by atoms with Gasteiger partial charge in [-0.3, -0.25) is 4.99 Å². The topological polar surface area (TPSA) is 58.6 Å². The highest BCUT2D eigenvalue weighted by Gasteiger charge is 2.32. The van der Waals surface area contributed by atoms with Gasteiger partial charge in [0.2, 0.25) is 0 Å². The Morgan fingerprint density at radius 3 is 2.60 bits per heavy atom. The van der Waals surface area contributed by atoms with Gasteiger partial charge in [-0.25, -0.2) is 0 Å². The second kappa shape index (κ2) is 12.1. The van der Waals surface area contributed by atoms with Gasteiger partial charge in [-0.15, -0.1) is 0 Å². The molecule has 1 N–H and O–H groups in total. The van der Waals surface area contributed by atoms with Gasteiger partial charge in [0.1, 0.15) is 18.5 Å². The number of ether oxygens (including phenoxy) is 3. The Balaban J connectivity index is 1.44. The molecule has 2 aliphatic rings. The molecule has 0 saturated carbocycles. The van der Waals surface area contributed by atoms with Crippen LogP contribution in [0.1, 0.15) is 32.3 Å². The molecule has 0 radical (unpaired) electrons. The number of hydrogen-bond acceptors (Lipinski definition) is 5. The van der Waals surface area contributed by atoms with Crippen molar-refractivity contribution in [3.8, 4) is 5.75 Å². The number of nitrogens with zero attached hydrogens (tertiary/aromatic N) is 3. The molecule has 168 valence electrons. The molecular formula is C23H38N4O3.